The first-order valence-electron chi connectivity index (χ1n) is 12.1. The molecule has 0 saturated heterocycles. The molecule has 0 saturated carbocycles. The highest BCUT2D eigenvalue weighted by molar-refractivity contribution is 7.13. The lowest BCUT2D eigenvalue weighted by Gasteiger charge is -2.07. The van der Waals surface area contributed by atoms with Crippen LogP contribution >= 0.6 is 11.3 Å². The molecule has 2 amide bonds. The molecule has 4 rings (SSSR count). The van der Waals surface area contributed by atoms with Crippen LogP contribution in [0.2, 0.25) is 0 Å². The number of unbranched alkanes of at least 4 members (excludes halogenated alkanes) is 2. The fourth-order valence-corrected chi connectivity index (χ4v) is 5.37. The van der Waals surface area contributed by atoms with Gasteiger partial charge >= 0.3 is 0 Å². The quantitative estimate of drug-likeness (QED) is 0.270. The first-order chi connectivity index (χ1) is 16.5. The van der Waals surface area contributed by atoms with Gasteiger partial charge in [0.2, 0.25) is 11.8 Å². The summed E-state index contributed by atoms with van der Waals surface area (Å²) in [5.74, 6) is 0.0706. The summed E-state index contributed by atoms with van der Waals surface area (Å²) in [4.78, 5) is 24.4. The van der Waals surface area contributed by atoms with Crippen LogP contribution in [0.3, 0.4) is 0 Å². The number of hydrogen-bond donors (Lipinski definition) is 2. The van der Waals surface area contributed by atoms with Gasteiger partial charge in [0.05, 0.1) is 0 Å². The number of benzene rings is 2. The van der Waals surface area contributed by atoms with Crippen LogP contribution in [0, 0.1) is 6.92 Å². The molecule has 6 heteroatoms. The van der Waals surface area contributed by atoms with Gasteiger partial charge in [-0.15, -0.1) is 11.3 Å². The molecule has 0 aliphatic rings. The van der Waals surface area contributed by atoms with Crippen LogP contribution in [0.25, 0.3) is 32.2 Å². The summed E-state index contributed by atoms with van der Waals surface area (Å²) in [5.41, 5.74) is 6.15. The third kappa shape index (κ3) is 5.50. The highest BCUT2D eigenvalue weighted by atomic mass is 32.1. The maximum absolute atomic E-state index is 12.3. The van der Waals surface area contributed by atoms with E-state index in [9.17, 15) is 9.59 Å². The smallest absolute Gasteiger partial charge is 0.220 e. The maximum Gasteiger partial charge on any atom is 0.220 e. The zero-order valence-electron chi connectivity index (χ0n) is 20.2. The summed E-state index contributed by atoms with van der Waals surface area (Å²) in [6.45, 7) is 7.96. The van der Waals surface area contributed by atoms with Crippen LogP contribution < -0.4 is 10.6 Å². The van der Waals surface area contributed by atoms with Crippen molar-refractivity contribution in [1.82, 2.24) is 15.2 Å². The van der Waals surface area contributed by atoms with Crippen molar-refractivity contribution in [3.63, 3.8) is 0 Å². The molecule has 0 unspecified atom stereocenters. The number of aryl methyl sites for hydroxylation is 2. The average molecular weight is 476 g/mol. The fraction of sp³-hybridized carbons (Fsp3) is 0.357. The van der Waals surface area contributed by atoms with E-state index < -0.39 is 0 Å². The van der Waals surface area contributed by atoms with Gasteiger partial charge in [-0.05, 0) is 73.0 Å². The molecule has 0 fully saturated rings. The normalized spacial score (nSPS) is 11.3. The standard InChI is InChI=1S/C28H33N3O2S/c1-4-31-25-12-9-21(17-30-28(33)8-6-5-7-13-29-20(3)32)15-24(25)23-11-10-22(16-26(23)31)27-14-19(2)18-34-27/h9-12,14-16,18H,4-8,13,17H2,1-3H3,(H,29,32)(H,30,33). The Balaban J connectivity index is 1.44. The molecule has 2 N–H and O–H groups in total. The summed E-state index contributed by atoms with van der Waals surface area (Å²) in [6, 6.07) is 15.5. The molecule has 2 aromatic heterocycles. The Labute approximate surface area is 205 Å². The summed E-state index contributed by atoms with van der Waals surface area (Å²) in [6.07, 6.45) is 3.19. The van der Waals surface area contributed by atoms with Crippen LogP contribution in [-0.4, -0.2) is 22.9 Å². The molecule has 178 valence electrons. The molecule has 0 bridgehead atoms. The molecular formula is C28H33N3O2S. The van der Waals surface area contributed by atoms with Crippen molar-refractivity contribution in [2.45, 2.75) is 59.5 Å². The van der Waals surface area contributed by atoms with Gasteiger partial charge in [-0.1, -0.05) is 24.6 Å². The molecule has 0 radical (unpaired) electrons. The van der Waals surface area contributed by atoms with E-state index >= 15 is 0 Å². The first kappa shape index (κ1) is 24.0. The Kier molecular flexibility index (Phi) is 7.68. The second-order valence-corrected chi connectivity index (χ2v) is 9.80. The molecule has 0 spiro atoms. The van der Waals surface area contributed by atoms with Crippen molar-refractivity contribution < 1.29 is 9.59 Å². The molecule has 5 nitrogen and oxygen atoms in total. The number of aromatic nitrogens is 1. The molecular weight excluding hydrogens is 442 g/mol. The van der Waals surface area contributed by atoms with E-state index in [2.05, 4.69) is 76.9 Å². The minimum Gasteiger partial charge on any atom is -0.356 e. The number of hydrogen-bond acceptors (Lipinski definition) is 3. The van der Waals surface area contributed by atoms with E-state index in [1.54, 1.807) is 11.3 Å². The maximum atomic E-state index is 12.3. The average Bonchev–Trinajstić information content (AvgIpc) is 3.39. The Bertz CT molecular complexity index is 1320. The SMILES string of the molecule is CCn1c2ccc(CNC(=O)CCCCCNC(C)=O)cc2c2ccc(-c3cc(C)cs3)cc21. The molecule has 0 aliphatic heterocycles. The molecule has 0 atom stereocenters. The van der Waals surface area contributed by atoms with E-state index in [1.165, 1.54) is 44.7 Å². The number of carbonyl (C=O) groups is 2. The first-order valence-corrected chi connectivity index (χ1v) is 13.0. The van der Waals surface area contributed by atoms with Crippen molar-refractivity contribution >= 4 is 45.0 Å². The summed E-state index contributed by atoms with van der Waals surface area (Å²) in [5, 5.41) is 10.5. The highest BCUT2D eigenvalue weighted by Crippen LogP contribution is 2.35. The van der Waals surface area contributed by atoms with Crippen LogP contribution in [0.4, 0.5) is 0 Å². The molecule has 2 aromatic carbocycles. The van der Waals surface area contributed by atoms with Crippen molar-refractivity contribution in [2.24, 2.45) is 0 Å². The zero-order chi connectivity index (χ0) is 24.1. The Morgan fingerprint density at radius 1 is 0.941 bits per heavy atom. The van der Waals surface area contributed by atoms with E-state index in [0.717, 1.165) is 31.4 Å². The van der Waals surface area contributed by atoms with Gasteiger partial charge in [0.25, 0.3) is 0 Å². The minimum atomic E-state index is -0.00481. The van der Waals surface area contributed by atoms with Crippen LogP contribution in [0.15, 0.2) is 47.8 Å². The van der Waals surface area contributed by atoms with E-state index in [0.29, 0.717) is 19.5 Å². The second kappa shape index (κ2) is 10.9. The van der Waals surface area contributed by atoms with Gasteiger partial charge in [0.1, 0.15) is 0 Å². The van der Waals surface area contributed by atoms with Crippen molar-refractivity contribution in [2.75, 3.05) is 6.54 Å². The van der Waals surface area contributed by atoms with Gasteiger partial charge in [0.15, 0.2) is 0 Å². The number of rotatable bonds is 10. The third-order valence-corrected chi connectivity index (χ3v) is 7.30. The number of nitrogens with zero attached hydrogens (tertiary/aromatic N) is 1. The van der Waals surface area contributed by atoms with Gasteiger partial charge in [-0.25, -0.2) is 0 Å². The van der Waals surface area contributed by atoms with Gasteiger partial charge in [-0.2, -0.15) is 0 Å². The van der Waals surface area contributed by atoms with Crippen molar-refractivity contribution in [3.8, 4) is 10.4 Å². The summed E-state index contributed by atoms with van der Waals surface area (Å²) < 4.78 is 2.37. The predicted molar refractivity (Wildman–Crippen MR) is 142 cm³/mol. The van der Waals surface area contributed by atoms with Crippen molar-refractivity contribution in [1.29, 1.82) is 0 Å². The number of thiophene rings is 1. The Morgan fingerprint density at radius 3 is 2.53 bits per heavy atom. The van der Waals surface area contributed by atoms with Gasteiger partial charge < -0.3 is 15.2 Å². The monoisotopic (exact) mass is 475 g/mol. The second-order valence-electron chi connectivity index (χ2n) is 8.89. The van der Waals surface area contributed by atoms with E-state index in [1.807, 2.05) is 0 Å². The number of fused-ring (bicyclic) bond motifs is 3. The van der Waals surface area contributed by atoms with E-state index in [-0.39, 0.29) is 11.8 Å². The lowest BCUT2D eigenvalue weighted by molar-refractivity contribution is -0.121. The van der Waals surface area contributed by atoms with Gasteiger partial charge in [0, 0.05) is 59.7 Å². The summed E-state index contributed by atoms with van der Waals surface area (Å²) >= 11 is 1.79. The number of amides is 2. The lowest BCUT2D eigenvalue weighted by atomic mass is 10.1. The van der Waals surface area contributed by atoms with Crippen LogP contribution in [0.5, 0.6) is 0 Å². The molecule has 2 heterocycles. The molecule has 0 aliphatic carbocycles. The predicted octanol–water partition coefficient (Wildman–Crippen LogP) is 6.16. The number of nitrogens with one attached hydrogen (secondary N) is 2. The summed E-state index contributed by atoms with van der Waals surface area (Å²) in [7, 11) is 0. The van der Waals surface area contributed by atoms with E-state index in [4.69, 9.17) is 0 Å². The highest BCUT2D eigenvalue weighted by Gasteiger charge is 2.12. The Hall–Kier alpha value is -3.12. The number of carbonyl (C=O) groups excluding carboxylic acids is 2. The van der Waals surface area contributed by atoms with Gasteiger partial charge in [-0.3, -0.25) is 9.59 Å². The van der Waals surface area contributed by atoms with Crippen LogP contribution in [0.1, 0.15) is 50.7 Å². The molecule has 4 aromatic rings. The molecule has 34 heavy (non-hydrogen) atoms. The zero-order valence-corrected chi connectivity index (χ0v) is 21.1. The van der Waals surface area contributed by atoms with Crippen LogP contribution in [-0.2, 0) is 22.7 Å². The lowest BCUT2D eigenvalue weighted by Crippen LogP contribution is -2.23. The Morgan fingerprint density at radius 2 is 1.79 bits per heavy atom. The van der Waals surface area contributed by atoms with Crippen molar-refractivity contribution in [3.05, 3.63) is 59.0 Å². The third-order valence-electron chi connectivity index (χ3n) is 6.21. The fourth-order valence-electron chi connectivity index (χ4n) is 4.47. The minimum absolute atomic E-state index is 0.00481. The topological polar surface area (TPSA) is 63.1 Å². The largest absolute Gasteiger partial charge is 0.356 e.